The van der Waals surface area contributed by atoms with E-state index in [1.807, 2.05) is 30.5 Å². The van der Waals surface area contributed by atoms with Crippen molar-refractivity contribution in [1.82, 2.24) is 9.97 Å². The predicted octanol–water partition coefficient (Wildman–Crippen LogP) is 3.60. The molecule has 94 valence electrons. The van der Waals surface area contributed by atoms with Gasteiger partial charge in [0.15, 0.2) is 0 Å². The van der Waals surface area contributed by atoms with Crippen molar-refractivity contribution in [2.45, 2.75) is 5.03 Å². The van der Waals surface area contributed by atoms with Crippen molar-refractivity contribution in [1.29, 1.82) is 0 Å². The molecular formula is C15H13N3S. The summed E-state index contributed by atoms with van der Waals surface area (Å²) in [4.78, 5) is 8.54. The molecule has 3 aromatic rings. The lowest BCUT2D eigenvalue weighted by Gasteiger charge is -2.07. The van der Waals surface area contributed by atoms with Crippen LogP contribution in [0.15, 0.2) is 53.6 Å². The number of thioether (sulfide) groups is 1. The summed E-state index contributed by atoms with van der Waals surface area (Å²) in [5, 5.41) is 3.26. The highest BCUT2D eigenvalue weighted by Gasteiger charge is 2.07. The molecule has 2 N–H and O–H groups in total. The van der Waals surface area contributed by atoms with Gasteiger partial charge in [-0.1, -0.05) is 42.5 Å². The maximum atomic E-state index is 5.78. The topological polar surface area (TPSA) is 51.8 Å². The van der Waals surface area contributed by atoms with Crippen molar-refractivity contribution in [2.24, 2.45) is 0 Å². The Labute approximate surface area is 115 Å². The lowest BCUT2D eigenvalue weighted by atomic mass is 10.0. The molecule has 0 amide bonds. The lowest BCUT2D eigenvalue weighted by molar-refractivity contribution is 1.07. The van der Waals surface area contributed by atoms with E-state index in [2.05, 4.69) is 34.2 Å². The van der Waals surface area contributed by atoms with Crippen molar-refractivity contribution >= 4 is 28.5 Å². The summed E-state index contributed by atoms with van der Waals surface area (Å²) in [5.74, 6) is 0.315. The number of anilines is 1. The molecule has 19 heavy (non-hydrogen) atoms. The summed E-state index contributed by atoms with van der Waals surface area (Å²) in [5.41, 5.74) is 7.74. The molecule has 0 saturated carbocycles. The average Bonchev–Trinajstić information content (AvgIpc) is 2.46. The van der Waals surface area contributed by atoms with Gasteiger partial charge in [-0.3, -0.25) is 0 Å². The molecule has 0 atom stereocenters. The van der Waals surface area contributed by atoms with Gasteiger partial charge in [0.05, 0.1) is 5.69 Å². The van der Waals surface area contributed by atoms with Gasteiger partial charge in [-0.25, -0.2) is 9.97 Å². The van der Waals surface area contributed by atoms with Gasteiger partial charge in [-0.15, -0.1) is 11.8 Å². The van der Waals surface area contributed by atoms with E-state index in [0.717, 1.165) is 16.3 Å². The highest BCUT2D eigenvalue weighted by atomic mass is 32.2. The van der Waals surface area contributed by atoms with Crippen molar-refractivity contribution in [2.75, 3.05) is 12.0 Å². The van der Waals surface area contributed by atoms with Crippen LogP contribution in [-0.2, 0) is 0 Å². The van der Waals surface area contributed by atoms with Gasteiger partial charge in [-0.2, -0.15) is 0 Å². The number of nitrogens with two attached hydrogens (primary N) is 1. The first-order valence-electron chi connectivity index (χ1n) is 5.94. The quantitative estimate of drug-likeness (QED) is 0.569. The molecule has 0 spiro atoms. The molecular weight excluding hydrogens is 254 g/mol. The molecule has 0 unspecified atom stereocenters. The van der Waals surface area contributed by atoms with Crippen LogP contribution in [0.25, 0.3) is 22.0 Å². The van der Waals surface area contributed by atoms with Crippen molar-refractivity contribution in [3.63, 3.8) is 0 Å². The van der Waals surface area contributed by atoms with E-state index >= 15 is 0 Å². The summed E-state index contributed by atoms with van der Waals surface area (Å²) < 4.78 is 0. The van der Waals surface area contributed by atoms with Gasteiger partial charge in [0.25, 0.3) is 0 Å². The van der Waals surface area contributed by atoms with Gasteiger partial charge < -0.3 is 5.73 Å². The summed E-state index contributed by atoms with van der Waals surface area (Å²) in [6.07, 6.45) is 1.98. The van der Waals surface area contributed by atoms with Gasteiger partial charge in [0, 0.05) is 5.56 Å². The number of hydrogen-bond donors (Lipinski definition) is 1. The van der Waals surface area contributed by atoms with Crippen LogP contribution in [0.1, 0.15) is 0 Å². The largest absolute Gasteiger partial charge is 0.368 e. The minimum atomic E-state index is 0.315. The third kappa shape index (κ3) is 2.27. The molecule has 1 heterocycles. The second-order valence-corrected chi connectivity index (χ2v) is 5.01. The smallest absolute Gasteiger partial charge is 0.221 e. The molecule has 2 aromatic carbocycles. The maximum absolute atomic E-state index is 5.78. The Kier molecular flexibility index (Phi) is 3.09. The van der Waals surface area contributed by atoms with Crippen molar-refractivity contribution < 1.29 is 0 Å². The number of rotatable bonds is 2. The van der Waals surface area contributed by atoms with Crippen LogP contribution in [-0.4, -0.2) is 16.2 Å². The van der Waals surface area contributed by atoms with Gasteiger partial charge in [-0.05, 0) is 23.1 Å². The maximum Gasteiger partial charge on any atom is 0.221 e. The van der Waals surface area contributed by atoms with E-state index in [4.69, 9.17) is 5.73 Å². The summed E-state index contributed by atoms with van der Waals surface area (Å²) in [7, 11) is 0. The first-order valence-corrected chi connectivity index (χ1v) is 7.17. The molecule has 0 fully saturated rings. The van der Waals surface area contributed by atoms with Crippen LogP contribution in [0.5, 0.6) is 0 Å². The average molecular weight is 267 g/mol. The molecule has 3 rings (SSSR count). The van der Waals surface area contributed by atoms with E-state index in [0.29, 0.717) is 5.95 Å². The van der Waals surface area contributed by atoms with Crippen molar-refractivity contribution in [3.8, 4) is 11.3 Å². The molecule has 1 aromatic heterocycles. The molecule has 0 aliphatic rings. The molecule has 3 nitrogen and oxygen atoms in total. The lowest BCUT2D eigenvalue weighted by Crippen LogP contribution is -1.98. The molecule has 4 heteroatoms. The number of hydrogen-bond acceptors (Lipinski definition) is 4. The van der Waals surface area contributed by atoms with E-state index in [1.165, 1.54) is 10.8 Å². The van der Waals surface area contributed by atoms with E-state index in [9.17, 15) is 0 Å². The summed E-state index contributed by atoms with van der Waals surface area (Å²) in [6, 6.07) is 16.4. The number of nitrogens with zero attached hydrogens (tertiary/aromatic N) is 2. The normalized spacial score (nSPS) is 10.8. The Morgan fingerprint density at radius 1 is 1.00 bits per heavy atom. The third-order valence-corrected chi connectivity index (χ3v) is 3.62. The first kappa shape index (κ1) is 12.0. The van der Waals surface area contributed by atoms with Crippen LogP contribution >= 0.6 is 11.8 Å². The first-order chi connectivity index (χ1) is 9.28. The standard InChI is InChI=1S/C15H13N3S/c1-19-14-9-13(17-15(16)18-14)12-8-4-6-10-5-2-3-7-11(10)12/h2-9H,1H3,(H2,16,17,18). The van der Waals surface area contributed by atoms with Crippen LogP contribution in [0, 0.1) is 0 Å². The Hall–Kier alpha value is -2.07. The van der Waals surface area contributed by atoms with Gasteiger partial charge in [0.1, 0.15) is 5.03 Å². The molecule has 0 saturated heterocycles. The second-order valence-electron chi connectivity index (χ2n) is 4.18. The van der Waals surface area contributed by atoms with Crippen LogP contribution in [0.2, 0.25) is 0 Å². The highest BCUT2D eigenvalue weighted by molar-refractivity contribution is 7.98. The van der Waals surface area contributed by atoms with Crippen molar-refractivity contribution in [3.05, 3.63) is 48.5 Å². The highest BCUT2D eigenvalue weighted by Crippen LogP contribution is 2.29. The fourth-order valence-electron chi connectivity index (χ4n) is 2.13. The van der Waals surface area contributed by atoms with E-state index < -0.39 is 0 Å². The Morgan fingerprint density at radius 3 is 2.63 bits per heavy atom. The zero-order valence-electron chi connectivity index (χ0n) is 10.5. The fraction of sp³-hybridized carbons (Fsp3) is 0.0667. The Bertz CT molecular complexity index is 735. The SMILES string of the molecule is CSc1cc(-c2cccc3ccccc23)nc(N)n1. The number of benzene rings is 2. The minimum absolute atomic E-state index is 0.315. The molecule has 0 radical (unpaired) electrons. The van der Waals surface area contributed by atoms with Crippen LogP contribution in [0.3, 0.4) is 0 Å². The monoisotopic (exact) mass is 267 g/mol. The van der Waals surface area contributed by atoms with Crippen LogP contribution < -0.4 is 5.73 Å². The van der Waals surface area contributed by atoms with Crippen LogP contribution in [0.4, 0.5) is 5.95 Å². The second kappa shape index (κ2) is 4.90. The number of fused-ring (bicyclic) bond motifs is 1. The molecule has 0 bridgehead atoms. The third-order valence-electron chi connectivity index (χ3n) is 2.99. The fourth-order valence-corrected chi connectivity index (χ4v) is 2.55. The molecule has 0 aliphatic carbocycles. The minimum Gasteiger partial charge on any atom is -0.368 e. The van der Waals surface area contributed by atoms with Gasteiger partial charge in [0.2, 0.25) is 5.95 Å². The van der Waals surface area contributed by atoms with Gasteiger partial charge >= 0.3 is 0 Å². The summed E-state index contributed by atoms with van der Waals surface area (Å²) in [6.45, 7) is 0. The Balaban J connectivity index is 2.27. The molecule has 0 aliphatic heterocycles. The van der Waals surface area contributed by atoms with E-state index in [1.54, 1.807) is 11.8 Å². The zero-order valence-corrected chi connectivity index (χ0v) is 11.3. The summed E-state index contributed by atoms with van der Waals surface area (Å²) >= 11 is 1.57. The van der Waals surface area contributed by atoms with E-state index in [-0.39, 0.29) is 0 Å². The zero-order chi connectivity index (χ0) is 13.2. The Morgan fingerprint density at radius 2 is 1.79 bits per heavy atom. The number of nitrogen functional groups attached to an aromatic ring is 1. The number of aromatic nitrogens is 2. The predicted molar refractivity (Wildman–Crippen MR) is 81.2 cm³/mol.